The van der Waals surface area contributed by atoms with Gasteiger partial charge in [0, 0.05) is 6.42 Å². The first kappa shape index (κ1) is 20.0. The number of anilines is 1. The lowest BCUT2D eigenvalue weighted by Crippen LogP contribution is -2.36. The van der Waals surface area contributed by atoms with Gasteiger partial charge in [0.2, 0.25) is 17.3 Å². The van der Waals surface area contributed by atoms with Crippen molar-refractivity contribution in [1.29, 1.82) is 0 Å². The fraction of sp³-hybridized carbons (Fsp3) is 0.190. The van der Waals surface area contributed by atoms with Gasteiger partial charge in [-0.2, -0.15) is 0 Å². The Morgan fingerprint density at radius 1 is 1.13 bits per heavy atom. The second kappa shape index (κ2) is 8.58. The predicted octanol–water partition coefficient (Wildman–Crippen LogP) is 3.38. The molecule has 2 heterocycles. The van der Waals surface area contributed by atoms with Crippen LogP contribution in [0.1, 0.15) is 5.56 Å². The Morgan fingerprint density at radius 2 is 1.93 bits per heavy atom. The molecule has 0 saturated carbocycles. The van der Waals surface area contributed by atoms with Crippen LogP contribution in [0, 0.1) is 5.82 Å². The van der Waals surface area contributed by atoms with E-state index in [2.05, 4.69) is 9.97 Å². The van der Waals surface area contributed by atoms with Crippen LogP contribution in [0.3, 0.4) is 0 Å². The van der Waals surface area contributed by atoms with Gasteiger partial charge in [0.1, 0.15) is 17.3 Å². The van der Waals surface area contributed by atoms with Gasteiger partial charge in [0.25, 0.3) is 5.65 Å². The number of nitrogens with two attached hydrogens (primary N) is 1. The van der Waals surface area contributed by atoms with Gasteiger partial charge in [-0.1, -0.05) is 22.1 Å². The minimum atomic E-state index is -0.245. The van der Waals surface area contributed by atoms with E-state index in [-0.39, 0.29) is 5.82 Å². The number of nitrogens with one attached hydrogen (secondary N) is 1. The third-order valence-corrected chi connectivity index (χ3v) is 5.59. The van der Waals surface area contributed by atoms with Gasteiger partial charge >= 0.3 is 0 Å². The first-order valence-corrected chi connectivity index (χ1v) is 10.1. The van der Waals surface area contributed by atoms with Crippen LogP contribution < -0.4 is 19.8 Å². The van der Waals surface area contributed by atoms with Gasteiger partial charge in [-0.25, -0.2) is 8.96 Å². The molecule has 0 fully saturated rings. The van der Waals surface area contributed by atoms with E-state index in [9.17, 15) is 4.39 Å². The van der Waals surface area contributed by atoms with E-state index >= 15 is 0 Å². The minimum Gasteiger partial charge on any atom is -0.497 e. The normalized spacial score (nSPS) is 11.0. The number of halogens is 1. The molecule has 0 saturated heterocycles. The number of rotatable bonds is 7. The molecule has 2 aromatic carbocycles. The van der Waals surface area contributed by atoms with Gasteiger partial charge in [-0.05, 0) is 47.7 Å². The number of ether oxygens (including phenoxy) is 2. The Balaban J connectivity index is 1.63. The number of aromatic nitrogens is 4. The van der Waals surface area contributed by atoms with E-state index in [1.807, 2.05) is 22.8 Å². The van der Waals surface area contributed by atoms with Crippen LogP contribution in [0.4, 0.5) is 10.2 Å². The van der Waals surface area contributed by atoms with E-state index in [4.69, 9.17) is 20.2 Å². The average Bonchev–Trinajstić information content (AvgIpc) is 3.19. The quantitative estimate of drug-likeness (QED) is 0.441. The van der Waals surface area contributed by atoms with E-state index < -0.39 is 0 Å². The monoisotopic (exact) mass is 426 g/mol. The van der Waals surface area contributed by atoms with E-state index in [1.54, 1.807) is 32.7 Å². The van der Waals surface area contributed by atoms with Crippen LogP contribution in [-0.2, 0) is 13.0 Å². The molecule has 7 nitrogen and oxygen atoms in total. The number of fused-ring (bicyclic) bond motifs is 1. The Hall–Kier alpha value is -3.33. The van der Waals surface area contributed by atoms with Gasteiger partial charge in [0.15, 0.2) is 5.52 Å². The molecule has 0 aliphatic carbocycles. The average molecular weight is 426 g/mol. The third kappa shape index (κ3) is 4.16. The number of aromatic amines is 1. The van der Waals surface area contributed by atoms with Crippen LogP contribution in [-0.4, -0.2) is 29.2 Å². The smallest absolute Gasteiger partial charge is 0.294 e. The molecule has 9 heteroatoms. The zero-order chi connectivity index (χ0) is 21.1. The lowest BCUT2D eigenvalue weighted by atomic mass is 10.1. The summed E-state index contributed by atoms with van der Waals surface area (Å²) in [6.07, 6.45) is 2.38. The SMILES string of the molecule is COc1ccc(OC)c(Sc2nc3c([nH]2)c(N)nc[n+]3CCc2ccc(F)cc2)c1. The molecule has 0 bridgehead atoms. The first-order chi connectivity index (χ1) is 14.6. The maximum absolute atomic E-state index is 13.1. The number of hydrogen-bond donors (Lipinski definition) is 2. The van der Waals surface area contributed by atoms with Gasteiger partial charge in [0.05, 0.1) is 25.7 Å². The molecular weight excluding hydrogens is 405 g/mol. The minimum absolute atomic E-state index is 0.245. The molecule has 154 valence electrons. The zero-order valence-corrected chi connectivity index (χ0v) is 17.4. The molecule has 3 N–H and O–H groups in total. The number of methoxy groups -OCH3 is 2. The molecule has 4 rings (SSSR count). The van der Waals surface area contributed by atoms with Gasteiger partial charge in [-0.15, -0.1) is 0 Å². The molecule has 30 heavy (non-hydrogen) atoms. The molecule has 4 aromatic rings. The fourth-order valence-electron chi connectivity index (χ4n) is 3.06. The van der Waals surface area contributed by atoms with Crippen molar-refractivity contribution in [2.24, 2.45) is 0 Å². The molecule has 0 atom stereocenters. The van der Waals surface area contributed by atoms with Crippen molar-refractivity contribution in [3.63, 3.8) is 0 Å². The first-order valence-electron chi connectivity index (χ1n) is 9.25. The summed E-state index contributed by atoms with van der Waals surface area (Å²) in [5.74, 6) is 1.58. The summed E-state index contributed by atoms with van der Waals surface area (Å²) in [6, 6.07) is 12.1. The molecule has 0 unspecified atom stereocenters. The van der Waals surface area contributed by atoms with Crippen molar-refractivity contribution in [3.8, 4) is 11.5 Å². The lowest BCUT2D eigenvalue weighted by Gasteiger charge is -2.07. The number of benzene rings is 2. The topological polar surface area (TPSA) is 89.9 Å². The van der Waals surface area contributed by atoms with E-state index in [0.29, 0.717) is 35.1 Å². The second-order valence-corrected chi connectivity index (χ2v) is 7.59. The van der Waals surface area contributed by atoms with E-state index in [0.717, 1.165) is 22.0 Å². The van der Waals surface area contributed by atoms with Crippen LogP contribution >= 0.6 is 11.8 Å². The molecule has 0 aliphatic heterocycles. The second-order valence-electron chi connectivity index (χ2n) is 6.56. The maximum atomic E-state index is 13.1. The standard InChI is InChI=1S/C21H20FN5O2S/c1-28-15-7-8-16(29-2)17(11-15)30-21-25-18-19(23)24-12-27(20(18)26-21)10-9-13-3-5-14(22)6-4-13/h3-8,11-12H,9-10H2,1-2H3,(H2,23,25,26)/p+1. The number of imidazole rings is 1. The Labute approximate surface area is 177 Å². The Kier molecular flexibility index (Phi) is 5.71. The summed E-state index contributed by atoms with van der Waals surface area (Å²) in [4.78, 5) is 13.1. The highest BCUT2D eigenvalue weighted by molar-refractivity contribution is 7.99. The summed E-state index contributed by atoms with van der Waals surface area (Å²) >= 11 is 1.42. The summed E-state index contributed by atoms with van der Waals surface area (Å²) in [5, 5.41) is 0.659. The van der Waals surface area contributed by atoms with Crippen molar-refractivity contribution in [2.75, 3.05) is 20.0 Å². The Bertz CT molecular complexity index is 1180. The van der Waals surface area contributed by atoms with Crippen LogP contribution in [0.2, 0.25) is 0 Å². The maximum Gasteiger partial charge on any atom is 0.294 e. The number of hydrogen-bond acceptors (Lipinski definition) is 6. The molecule has 0 radical (unpaired) electrons. The molecule has 2 aromatic heterocycles. The highest BCUT2D eigenvalue weighted by Gasteiger charge is 2.20. The summed E-state index contributed by atoms with van der Waals surface area (Å²) in [6.45, 7) is 0.632. The van der Waals surface area contributed by atoms with Crippen molar-refractivity contribution < 1.29 is 18.4 Å². The molecular formula is C21H21FN5O2S+. The number of nitrogen functional groups attached to an aromatic ring is 1. The van der Waals surface area contributed by atoms with Gasteiger partial charge in [-0.3, -0.25) is 0 Å². The fourth-order valence-corrected chi connectivity index (χ4v) is 3.98. The van der Waals surface area contributed by atoms with Crippen molar-refractivity contribution in [3.05, 3.63) is 60.2 Å². The molecule has 0 aliphatic rings. The summed E-state index contributed by atoms with van der Waals surface area (Å²) in [7, 11) is 3.24. The van der Waals surface area contributed by atoms with Crippen molar-refractivity contribution in [1.82, 2.24) is 15.0 Å². The van der Waals surface area contributed by atoms with Gasteiger partial charge < -0.3 is 20.2 Å². The molecule has 0 amide bonds. The molecule has 0 spiro atoms. The van der Waals surface area contributed by atoms with Crippen LogP contribution in [0.25, 0.3) is 11.2 Å². The zero-order valence-electron chi connectivity index (χ0n) is 16.6. The largest absolute Gasteiger partial charge is 0.497 e. The van der Waals surface area contributed by atoms with E-state index in [1.165, 1.54) is 23.9 Å². The number of H-pyrrole nitrogens is 1. The number of aryl methyl sites for hydroxylation is 2. The van der Waals surface area contributed by atoms with Crippen molar-refractivity contribution in [2.45, 2.75) is 23.0 Å². The van der Waals surface area contributed by atoms with Crippen molar-refractivity contribution >= 4 is 28.7 Å². The number of nitrogens with zero attached hydrogens (tertiary/aromatic N) is 3. The van der Waals surface area contributed by atoms with Crippen LogP contribution in [0.5, 0.6) is 11.5 Å². The highest BCUT2D eigenvalue weighted by atomic mass is 32.2. The highest BCUT2D eigenvalue weighted by Crippen LogP contribution is 2.36. The third-order valence-electron chi connectivity index (χ3n) is 4.66. The summed E-state index contributed by atoms with van der Waals surface area (Å²) < 4.78 is 25.8. The predicted molar refractivity (Wildman–Crippen MR) is 112 cm³/mol. The lowest BCUT2D eigenvalue weighted by molar-refractivity contribution is -0.675. The summed E-state index contributed by atoms with van der Waals surface area (Å²) in [5.41, 5.74) is 8.46. The van der Waals surface area contributed by atoms with Crippen LogP contribution in [0.15, 0.2) is 58.8 Å². The Morgan fingerprint density at radius 3 is 2.67 bits per heavy atom.